The maximum Gasteiger partial charge on any atom is 0.317 e. The first kappa shape index (κ1) is 38.5. The van der Waals surface area contributed by atoms with E-state index in [2.05, 4.69) is 12.2 Å². The molecule has 2 aliphatic heterocycles. The summed E-state index contributed by atoms with van der Waals surface area (Å²) in [6.07, 6.45) is -1.13. The summed E-state index contributed by atoms with van der Waals surface area (Å²) in [6.45, 7) is 14.9. The van der Waals surface area contributed by atoms with Crippen molar-refractivity contribution < 1.29 is 38.4 Å². The van der Waals surface area contributed by atoms with E-state index >= 15 is 0 Å². The number of aliphatic hydroxyl groups is 1. The Kier molecular flexibility index (Phi) is 15.1. The van der Waals surface area contributed by atoms with Gasteiger partial charge in [0, 0.05) is 31.7 Å². The van der Waals surface area contributed by atoms with Gasteiger partial charge >= 0.3 is 5.97 Å². The van der Waals surface area contributed by atoms with Gasteiger partial charge in [-0.2, -0.15) is 0 Å². The molecule has 0 aliphatic carbocycles. The number of cyclic esters (lactones) is 1. The first-order chi connectivity index (χ1) is 20.5. The summed E-state index contributed by atoms with van der Waals surface area (Å²) >= 11 is 0. The second-order valence-electron chi connectivity index (χ2n) is 13.7. The zero-order valence-corrected chi connectivity index (χ0v) is 29.0. The van der Waals surface area contributed by atoms with E-state index < -0.39 is 41.9 Å². The van der Waals surface area contributed by atoms with Gasteiger partial charge in [0.15, 0.2) is 18.8 Å². The largest absolute Gasteiger partial charge is 0.444 e. The highest BCUT2D eigenvalue weighted by atomic mass is 16.7. The van der Waals surface area contributed by atoms with E-state index in [0.717, 1.165) is 0 Å². The Hall–Kier alpha value is -1.67. The van der Waals surface area contributed by atoms with Crippen molar-refractivity contribution in [2.75, 3.05) is 61.2 Å². The molecule has 2 heterocycles. The minimum Gasteiger partial charge on any atom is -0.444 e. The van der Waals surface area contributed by atoms with Gasteiger partial charge in [0.25, 0.3) is 0 Å². The van der Waals surface area contributed by atoms with Crippen molar-refractivity contribution >= 4 is 17.7 Å². The molecule has 2 saturated heterocycles. The van der Waals surface area contributed by atoms with Crippen molar-refractivity contribution in [2.24, 2.45) is 17.8 Å². The Labute approximate surface area is 265 Å². The number of ether oxygens (including phenoxy) is 4. The van der Waals surface area contributed by atoms with Gasteiger partial charge in [-0.3, -0.25) is 19.3 Å². The number of nitrogens with one attached hydrogen (secondary N) is 1. The minimum atomic E-state index is -1.11. The van der Waals surface area contributed by atoms with Crippen LogP contribution in [0.2, 0.25) is 0 Å². The molecule has 1 unspecified atom stereocenters. The van der Waals surface area contributed by atoms with Crippen molar-refractivity contribution in [1.82, 2.24) is 20.0 Å². The summed E-state index contributed by atoms with van der Waals surface area (Å²) in [4.78, 5) is 45.6. The molecule has 12 heteroatoms. The van der Waals surface area contributed by atoms with E-state index in [-0.39, 0.29) is 49.1 Å². The van der Waals surface area contributed by atoms with Crippen LogP contribution in [-0.2, 0) is 33.3 Å². The number of carbonyl (C=O) groups excluding carboxylic acids is 3. The molecule has 0 bridgehead atoms. The van der Waals surface area contributed by atoms with E-state index in [1.54, 1.807) is 14.0 Å². The molecular weight excluding hydrogens is 568 g/mol. The highest BCUT2D eigenvalue weighted by molar-refractivity contribution is 6.00. The fraction of sp³-hybridized carbons (Fsp3) is 0.906. The molecular formula is C32H60N4O8. The van der Waals surface area contributed by atoms with Crippen LogP contribution in [0.1, 0.15) is 67.7 Å². The van der Waals surface area contributed by atoms with Gasteiger partial charge in [-0.1, -0.05) is 13.8 Å². The minimum absolute atomic E-state index is 0.131. The Bertz CT molecular complexity index is 936. The zero-order chi connectivity index (χ0) is 33.4. The molecule has 0 spiro atoms. The Morgan fingerprint density at radius 2 is 1.84 bits per heavy atom. The number of Topliss-reactive ketones (excluding diaryl/α,β-unsaturated/α-hetero) is 1. The average Bonchev–Trinajstić information content (AvgIpc) is 2.96. The maximum absolute atomic E-state index is 13.9. The summed E-state index contributed by atoms with van der Waals surface area (Å²) in [5, 5.41) is 14.7. The van der Waals surface area contributed by atoms with Gasteiger partial charge in [-0.15, -0.1) is 0 Å². The maximum atomic E-state index is 13.9. The van der Waals surface area contributed by atoms with Crippen molar-refractivity contribution in [3.63, 3.8) is 0 Å². The van der Waals surface area contributed by atoms with Gasteiger partial charge in [-0.25, -0.2) is 0 Å². The third kappa shape index (κ3) is 10.4. The highest BCUT2D eigenvalue weighted by Gasteiger charge is 2.48. The third-order valence-electron chi connectivity index (χ3n) is 9.32. The number of ketones is 1. The molecule has 0 aromatic heterocycles. The second-order valence-corrected chi connectivity index (χ2v) is 13.7. The number of amides is 1. The van der Waals surface area contributed by atoms with Gasteiger partial charge < -0.3 is 39.2 Å². The summed E-state index contributed by atoms with van der Waals surface area (Å²) in [5.41, 5.74) is -0.945. The molecule has 0 saturated carbocycles. The first-order valence-electron chi connectivity index (χ1n) is 16.1. The molecule has 2 aliphatic rings. The Morgan fingerprint density at radius 3 is 2.43 bits per heavy atom. The second kappa shape index (κ2) is 17.3. The average molecular weight is 629 g/mol. The van der Waals surface area contributed by atoms with E-state index in [9.17, 15) is 19.5 Å². The lowest BCUT2D eigenvalue weighted by Gasteiger charge is -2.46. The number of rotatable bonds is 7. The van der Waals surface area contributed by atoms with Crippen LogP contribution < -0.4 is 5.32 Å². The molecule has 12 nitrogen and oxygen atoms in total. The van der Waals surface area contributed by atoms with Crippen molar-refractivity contribution in [3.8, 4) is 0 Å². The molecule has 2 N–H and O–H groups in total. The summed E-state index contributed by atoms with van der Waals surface area (Å²) in [5.74, 6) is -3.00. The van der Waals surface area contributed by atoms with E-state index in [0.29, 0.717) is 38.9 Å². The van der Waals surface area contributed by atoms with Crippen molar-refractivity contribution in [1.29, 1.82) is 0 Å². The van der Waals surface area contributed by atoms with Crippen molar-refractivity contribution in [2.45, 2.75) is 110 Å². The molecule has 256 valence electrons. The predicted octanol–water partition coefficient (Wildman–Crippen LogP) is 1.73. The van der Waals surface area contributed by atoms with E-state index in [1.807, 2.05) is 58.6 Å². The SMILES string of the molecule is CO[C@]1(C)C[C@@H](C)CNCCCN(C(=O)CN(C)C(C)C)COC(=O)C(C)C(=O)[C@H](C)[C@H]1O[C@@H]1O[C@H](C)C[C@H](N(C)C)[C@H]1O. The Morgan fingerprint density at radius 1 is 1.18 bits per heavy atom. The van der Waals surface area contributed by atoms with Crippen molar-refractivity contribution in [3.05, 3.63) is 0 Å². The third-order valence-corrected chi connectivity index (χ3v) is 9.32. The summed E-state index contributed by atoms with van der Waals surface area (Å²) in [6, 6.07) is -0.0148. The fourth-order valence-electron chi connectivity index (χ4n) is 6.10. The van der Waals surface area contributed by atoms with Crippen LogP contribution in [0.5, 0.6) is 0 Å². The fourth-order valence-corrected chi connectivity index (χ4v) is 6.10. The van der Waals surface area contributed by atoms with Crippen LogP contribution in [0, 0.1) is 17.8 Å². The normalized spacial score (nSPS) is 35.8. The molecule has 0 aromatic carbocycles. The van der Waals surface area contributed by atoms with Crippen LogP contribution in [0.25, 0.3) is 0 Å². The molecule has 1 amide bonds. The molecule has 44 heavy (non-hydrogen) atoms. The smallest absolute Gasteiger partial charge is 0.317 e. The van der Waals surface area contributed by atoms with Gasteiger partial charge in [0.1, 0.15) is 12.0 Å². The van der Waals surface area contributed by atoms with Crippen LogP contribution in [0.15, 0.2) is 0 Å². The lowest BCUT2D eigenvalue weighted by Crippen LogP contribution is -2.59. The van der Waals surface area contributed by atoms with Crippen LogP contribution >= 0.6 is 0 Å². The number of aliphatic hydroxyl groups excluding tert-OH is 1. The van der Waals surface area contributed by atoms with Gasteiger partial charge in [0.05, 0.1) is 24.4 Å². The van der Waals surface area contributed by atoms with Gasteiger partial charge in [0.2, 0.25) is 5.91 Å². The van der Waals surface area contributed by atoms with E-state index in [4.69, 9.17) is 18.9 Å². The lowest BCUT2D eigenvalue weighted by atomic mass is 9.78. The summed E-state index contributed by atoms with van der Waals surface area (Å²) < 4.78 is 24.3. The molecule has 2 rings (SSSR count). The van der Waals surface area contributed by atoms with Crippen LogP contribution in [0.3, 0.4) is 0 Å². The summed E-state index contributed by atoms with van der Waals surface area (Å²) in [7, 11) is 7.27. The number of carbonyl (C=O) groups is 3. The molecule has 2 fully saturated rings. The number of hydrogen-bond acceptors (Lipinski definition) is 11. The first-order valence-corrected chi connectivity index (χ1v) is 16.1. The number of nitrogens with zero attached hydrogens (tertiary/aromatic N) is 3. The molecule has 0 aromatic rings. The lowest BCUT2D eigenvalue weighted by molar-refractivity contribution is -0.295. The topological polar surface area (TPSA) is 130 Å². The predicted molar refractivity (Wildman–Crippen MR) is 168 cm³/mol. The number of methoxy groups -OCH3 is 1. The number of esters is 1. The monoisotopic (exact) mass is 628 g/mol. The van der Waals surface area contributed by atoms with Crippen LogP contribution in [-0.4, -0.2) is 141 Å². The van der Waals surface area contributed by atoms with E-state index in [1.165, 1.54) is 11.8 Å². The molecule has 9 atom stereocenters. The quantitative estimate of drug-likeness (QED) is 0.316. The highest BCUT2D eigenvalue weighted by Crippen LogP contribution is 2.36. The van der Waals surface area contributed by atoms with Gasteiger partial charge in [-0.05, 0) is 94.0 Å². The number of hydrogen-bond donors (Lipinski definition) is 2. The molecule has 0 radical (unpaired) electrons. The van der Waals surface area contributed by atoms with Crippen LogP contribution in [0.4, 0.5) is 0 Å². The zero-order valence-electron chi connectivity index (χ0n) is 29.0. The Balaban J connectivity index is 2.38. The standard InChI is InChI=1S/C32H60N4O8/c1-20(2)35(10)18-26(37)36-14-12-13-33-17-21(3)16-32(7,41-11)29(23(5)27(38)24(6)30(40)42-19-36)44-31-28(39)25(34(8)9)15-22(4)43-31/h20-25,28-29,31,33,39H,12-19H2,1-11H3/t21-,22-,23+,24?,25+,28-,29-,31+,32-/m1/s1. The number of likely N-dealkylation sites (N-methyl/N-ethyl adjacent to an activating group) is 2.